The summed E-state index contributed by atoms with van der Waals surface area (Å²) in [6.45, 7) is 3.10. The maximum absolute atomic E-state index is 13.1. The van der Waals surface area contributed by atoms with E-state index < -0.39 is 16.1 Å². The second-order valence-corrected chi connectivity index (χ2v) is 10.2. The van der Waals surface area contributed by atoms with Crippen LogP contribution in [0.3, 0.4) is 0 Å². The van der Waals surface area contributed by atoms with E-state index >= 15 is 0 Å². The minimum absolute atomic E-state index is 0.0767. The van der Waals surface area contributed by atoms with Crippen LogP contribution in [0.25, 0.3) is 10.9 Å². The molecule has 1 aliphatic rings. The van der Waals surface area contributed by atoms with Crippen molar-refractivity contribution in [2.45, 2.75) is 17.9 Å². The van der Waals surface area contributed by atoms with Gasteiger partial charge >= 0.3 is 0 Å². The molecular weight excluding hydrogens is 471 g/mol. The largest absolute Gasteiger partial charge is 0.324 e. The van der Waals surface area contributed by atoms with Crippen molar-refractivity contribution in [1.29, 1.82) is 0 Å². The van der Waals surface area contributed by atoms with Crippen LogP contribution in [0.5, 0.6) is 0 Å². The zero-order chi connectivity index (χ0) is 22.9. The molecule has 168 valence electrons. The molecule has 3 aromatic rings. The van der Waals surface area contributed by atoms with Crippen molar-refractivity contribution in [3.05, 3.63) is 64.8 Å². The molecule has 1 amide bonds. The van der Waals surface area contributed by atoms with Crippen LogP contribution in [0, 0.1) is 0 Å². The number of piperazine rings is 1. The van der Waals surface area contributed by atoms with Gasteiger partial charge in [0.25, 0.3) is 0 Å². The van der Waals surface area contributed by atoms with E-state index in [9.17, 15) is 13.2 Å². The number of fused-ring (bicyclic) bond motifs is 1. The predicted octanol–water partition coefficient (Wildman–Crippen LogP) is 3.88. The number of halogens is 2. The maximum Gasteiger partial charge on any atom is 0.246 e. The molecule has 0 spiro atoms. The van der Waals surface area contributed by atoms with Crippen LogP contribution in [-0.2, 0) is 14.8 Å². The summed E-state index contributed by atoms with van der Waals surface area (Å²) in [5.41, 5.74) is 1.50. The second kappa shape index (κ2) is 9.33. The Morgan fingerprint density at radius 1 is 1.00 bits per heavy atom. The maximum atomic E-state index is 13.1. The van der Waals surface area contributed by atoms with Gasteiger partial charge in [-0.25, -0.2) is 8.42 Å². The minimum Gasteiger partial charge on any atom is -0.324 e. The molecule has 7 nitrogen and oxygen atoms in total. The molecular formula is C22H22Cl2N4O3S. The zero-order valence-electron chi connectivity index (χ0n) is 17.3. The number of hydrogen-bond acceptors (Lipinski definition) is 5. The summed E-state index contributed by atoms with van der Waals surface area (Å²) < 4.78 is 27.5. The molecule has 2 aromatic carbocycles. The Kier molecular flexibility index (Phi) is 6.69. The van der Waals surface area contributed by atoms with Crippen LogP contribution in [-0.4, -0.2) is 60.7 Å². The molecule has 1 aromatic heterocycles. The van der Waals surface area contributed by atoms with Crippen molar-refractivity contribution in [3.63, 3.8) is 0 Å². The third-order valence-electron chi connectivity index (χ3n) is 5.62. The first kappa shape index (κ1) is 22.9. The van der Waals surface area contributed by atoms with Gasteiger partial charge in [0.05, 0.1) is 27.3 Å². The van der Waals surface area contributed by atoms with Gasteiger partial charge in [0, 0.05) is 37.8 Å². The summed E-state index contributed by atoms with van der Waals surface area (Å²) in [6, 6.07) is 13.5. The molecule has 2 heterocycles. The Balaban J connectivity index is 1.43. The van der Waals surface area contributed by atoms with Gasteiger partial charge in [-0.05, 0) is 43.3 Å². The number of hydrogen-bond donors (Lipinski definition) is 1. The molecule has 1 fully saturated rings. The Labute approximate surface area is 197 Å². The molecule has 1 atom stereocenters. The van der Waals surface area contributed by atoms with E-state index in [1.807, 2.05) is 42.2 Å². The molecule has 32 heavy (non-hydrogen) atoms. The molecule has 1 aliphatic heterocycles. The number of rotatable bonds is 5. The highest BCUT2D eigenvalue weighted by Crippen LogP contribution is 2.32. The van der Waals surface area contributed by atoms with E-state index in [0.717, 1.165) is 10.9 Å². The van der Waals surface area contributed by atoms with Gasteiger partial charge in [0.2, 0.25) is 15.9 Å². The highest BCUT2D eigenvalue weighted by atomic mass is 35.5. The summed E-state index contributed by atoms with van der Waals surface area (Å²) in [5, 5.41) is 4.03. The fourth-order valence-corrected chi connectivity index (χ4v) is 6.32. The van der Waals surface area contributed by atoms with E-state index in [4.69, 9.17) is 23.2 Å². The van der Waals surface area contributed by atoms with Crippen molar-refractivity contribution >= 4 is 55.7 Å². The third-order valence-corrected chi connectivity index (χ3v) is 8.48. The fraction of sp³-hybridized carbons (Fsp3) is 0.273. The van der Waals surface area contributed by atoms with E-state index in [2.05, 4.69) is 10.3 Å². The number of benzene rings is 2. The topological polar surface area (TPSA) is 82.6 Å². The number of amides is 1. The zero-order valence-corrected chi connectivity index (χ0v) is 19.7. The van der Waals surface area contributed by atoms with Gasteiger partial charge < -0.3 is 5.32 Å². The molecule has 0 saturated carbocycles. The quantitative estimate of drug-likeness (QED) is 0.584. The number of carbonyl (C=O) groups is 1. The highest BCUT2D eigenvalue weighted by Gasteiger charge is 2.34. The van der Waals surface area contributed by atoms with Crippen LogP contribution in [0.4, 0.5) is 5.69 Å². The lowest BCUT2D eigenvalue weighted by atomic mass is 10.1. The molecule has 0 radical (unpaired) electrons. The fourth-order valence-electron chi connectivity index (χ4n) is 3.80. The van der Waals surface area contributed by atoms with E-state index in [1.54, 1.807) is 12.3 Å². The smallest absolute Gasteiger partial charge is 0.246 e. The summed E-state index contributed by atoms with van der Waals surface area (Å²) >= 11 is 12.2. The third kappa shape index (κ3) is 4.46. The van der Waals surface area contributed by atoms with Crippen LogP contribution in [0.2, 0.25) is 10.0 Å². The number of sulfonamides is 1. The van der Waals surface area contributed by atoms with Crippen molar-refractivity contribution in [1.82, 2.24) is 14.2 Å². The monoisotopic (exact) mass is 492 g/mol. The number of carbonyl (C=O) groups excluding carboxylic acids is 1. The Hall–Kier alpha value is -2.23. The first-order chi connectivity index (χ1) is 15.3. The van der Waals surface area contributed by atoms with Gasteiger partial charge in [-0.3, -0.25) is 14.7 Å². The predicted molar refractivity (Wildman–Crippen MR) is 127 cm³/mol. The van der Waals surface area contributed by atoms with Crippen LogP contribution in [0.1, 0.15) is 6.92 Å². The molecule has 1 N–H and O–H groups in total. The Morgan fingerprint density at radius 2 is 1.66 bits per heavy atom. The Bertz CT molecular complexity index is 1240. The first-order valence-electron chi connectivity index (χ1n) is 10.1. The number of nitrogens with one attached hydrogen (secondary N) is 1. The normalized spacial score (nSPS) is 16.7. The lowest BCUT2D eigenvalue weighted by Crippen LogP contribution is -2.54. The van der Waals surface area contributed by atoms with Crippen molar-refractivity contribution in [3.8, 4) is 0 Å². The van der Waals surface area contributed by atoms with Gasteiger partial charge in [0.1, 0.15) is 4.90 Å². The molecule has 0 bridgehead atoms. The summed E-state index contributed by atoms with van der Waals surface area (Å²) in [5.74, 6) is -0.160. The molecule has 1 saturated heterocycles. The summed E-state index contributed by atoms with van der Waals surface area (Å²) in [7, 11) is -3.83. The molecule has 4 rings (SSSR count). The van der Waals surface area contributed by atoms with E-state index in [0.29, 0.717) is 18.8 Å². The lowest BCUT2D eigenvalue weighted by molar-refractivity contribution is -0.121. The van der Waals surface area contributed by atoms with Gasteiger partial charge in [-0.15, -0.1) is 0 Å². The molecule has 1 unspecified atom stereocenters. The van der Waals surface area contributed by atoms with Gasteiger partial charge in [-0.2, -0.15) is 4.31 Å². The van der Waals surface area contributed by atoms with Crippen molar-refractivity contribution in [2.24, 2.45) is 0 Å². The van der Waals surface area contributed by atoms with Crippen molar-refractivity contribution < 1.29 is 13.2 Å². The summed E-state index contributed by atoms with van der Waals surface area (Å²) in [4.78, 5) is 19.1. The van der Waals surface area contributed by atoms with Crippen LogP contribution < -0.4 is 5.32 Å². The SMILES string of the molecule is CC(C(=O)Nc1cccc2ncccc12)N1CCN(S(=O)(=O)c2c(Cl)cccc2Cl)CC1. The molecule has 10 heteroatoms. The number of aromatic nitrogens is 1. The number of pyridine rings is 1. The lowest BCUT2D eigenvalue weighted by Gasteiger charge is -2.37. The molecule has 0 aliphatic carbocycles. The second-order valence-electron chi connectivity index (χ2n) is 7.53. The first-order valence-corrected chi connectivity index (χ1v) is 12.3. The average Bonchev–Trinajstić information content (AvgIpc) is 2.78. The minimum atomic E-state index is -3.83. The Morgan fingerprint density at radius 3 is 2.34 bits per heavy atom. The van der Waals surface area contributed by atoms with E-state index in [1.165, 1.54) is 16.4 Å². The standard InChI is InChI=1S/C22H22Cl2N4O3S/c1-15(22(29)26-20-9-3-8-19-16(20)5-4-10-25-19)27-11-13-28(14-12-27)32(30,31)21-17(23)6-2-7-18(21)24/h2-10,15H,11-14H2,1H3,(H,26,29). The average molecular weight is 493 g/mol. The highest BCUT2D eigenvalue weighted by molar-refractivity contribution is 7.89. The summed E-state index contributed by atoms with van der Waals surface area (Å²) in [6.07, 6.45) is 1.71. The van der Waals surface area contributed by atoms with Gasteiger partial charge in [-0.1, -0.05) is 35.3 Å². The van der Waals surface area contributed by atoms with Crippen molar-refractivity contribution in [2.75, 3.05) is 31.5 Å². The number of nitrogens with zero attached hydrogens (tertiary/aromatic N) is 3. The van der Waals surface area contributed by atoms with Gasteiger partial charge in [0.15, 0.2) is 0 Å². The van der Waals surface area contributed by atoms with E-state index in [-0.39, 0.29) is 33.9 Å². The van der Waals surface area contributed by atoms with Crippen LogP contribution >= 0.6 is 23.2 Å². The number of anilines is 1. The van der Waals surface area contributed by atoms with Crippen LogP contribution in [0.15, 0.2) is 59.6 Å².